The molecule has 0 aliphatic carbocycles. The van der Waals surface area contributed by atoms with E-state index in [0.717, 1.165) is 55.6 Å². The summed E-state index contributed by atoms with van der Waals surface area (Å²) in [5.41, 5.74) is 2.26. The highest BCUT2D eigenvalue weighted by Gasteiger charge is 2.29. The van der Waals surface area contributed by atoms with Crippen LogP contribution in [0.3, 0.4) is 0 Å². The van der Waals surface area contributed by atoms with E-state index in [1.807, 2.05) is 4.90 Å². The molecule has 1 aromatic rings. The van der Waals surface area contributed by atoms with Crippen molar-refractivity contribution in [2.75, 3.05) is 49.1 Å². The molecule has 7 nitrogen and oxygen atoms in total. The van der Waals surface area contributed by atoms with Crippen molar-refractivity contribution in [3.05, 3.63) is 23.9 Å². The molecule has 0 radical (unpaired) electrons. The summed E-state index contributed by atoms with van der Waals surface area (Å²) in [4.78, 5) is 29.0. The second kappa shape index (κ2) is 8.15. The summed E-state index contributed by atoms with van der Waals surface area (Å²) >= 11 is 0. The average molecular weight is 371 g/mol. The minimum atomic E-state index is -0.0336. The summed E-state index contributed by atoms with van der Waals surface area (Å²) in [5.74, 6) is 1.94. The van der Waals surface area contributed by atoms with Crippen LogP contribution in [0.15, 0.2) is 12.7 Å². The van der Waals surface area contributed by atoms with E-state index in [1.165, 1.54) is 32.1 Å². The first-order valence-electron chi connectivity index (χ1n) is 10.3. The standard InChI is InChI=1S/C20H30N6O/c1-2-9-21-20(27)26-14-8-17-16(15-26)18(24-10-4-3-5-11-24)23-19(22-17)25-12-6-7-13-25/h2H,1,3-15H2,(H,21,27). The summed E-state index contributed by atoms with van der Waals surface area (Å²) < 4.78 is 0. The molecule has 0 spiro atoms. The van der Waals surface area contributed by atoms with Gasteiger partial charge in [-0.2, -0.15) is 4.98 Å². The Balaban J connectivity index is 1.64. The van der Waals surface area contributed by atoms with Gasteiger partial charge in [0.25, 0.3) is 0 Å². The molecule has 7 heteroatoms. The highest BCUT2D eigenvalue weighted by atomic mass is 16.2. The fourth-order valence-corrected chi connectivity index (χ4v) is 4.25. The fraction of sp³-hybridized carbons (Fsp3) is 0.650. The number of carbonyl (C=O) groups is 1. The van der Waals surface area contributed by atoms with Crippen molar-refractivity contribution < 1.29 is 4.79 Å². The first-order chi connectivity index (χ1) is 13.3. The summed E-state index contributed by atoms with van der Waals surface area (Å²) in [6, 6.07) is -0.0336. The molecule has 0 atom stereocenters. The Morgan fingerprint density at radius 3 is 2.44 bits per heavy atom. The zero-order chi connectivity index (χ0) is 18.6. The van der Waals surface area contributed by atoms with Crippen LogP contribution >= 0.6 is 0 Å². The van der Waals surface area contributed by atoms with E-state index in [2.05, 4.69) is 21.7 Å². The topological polar surface area (TPSA) is 64.6 Å². The zero-order valence-electron chi connectivity index (χ0n) is 16.1. The molecule has 146 valence electrons. The van der Waals surface area contributed by atoms with Gasteiger partial charge in [0.15, 0.2) is 0 Å². The molecule has 0 bridgehead atoms. The number of piperidine rings is 1. The van der Waals surface area contributed by atoms with E-state index >= 15 is 0 Å². The Kier molecular flexibility index (Phi) is 5.45. The van der Waals surface area contributed by atoms with Gasteiger partial charge in [0.05, 0.1) is 12.2 Å². The number of nitrogens with zero attached hydrogens (tertiary/aromatic N) is 5. The van der Waals surface area contributed by atoms with Crippen LogP contribution in [-0.2, 0) is 13.0 Å². The number of amides is 2. The quantitative estimate of drug-likeness (QED) is 0.824. The van der Waals surface area contributed by atoms with E-state index in [9.17, 15) is 4.79 Å². The minimum absolute atomic E-state index is 0.0336. The van der Waals surface area contributed by atoms with E-state index in [-0.39, 0.29) is 6.03 Å². The highest BCUT2D eigenvalue weighted by Crippen LogP contribution is 2.31. The summed E-state index contributed by atoms with van der Waals surface area (Å²) in [6.07, 6.45) is 8.65. The molecule has 2 amide bonds. The van der Waals surface area contributed by atoms with Crippen LogP contribution in [0.25, 0.3) is 0 Å². The van der Waals surface area contributed by atoms with E-state index in [4.69, 9.17) is 9.97 Å². The van der Waals surface area contributed by atoms with Gasteiger partial charge in [-0.15, -0.1) is 6.58 Å². The molecule has 3 aliphatic heterocycles. The van der Waals surface area contributed by atoms with Gasteiger partial charge < -0.3 is 20.0 Å². The van der Waals surface area contributed by atoms with Crippen molar-refractivity contribution in [1.82, 2.24) is 20.2 Å². The number of hydrogen-bond acceptors (Lipinski definition) is 5. The maximum absolute atomic E-state index is 12.4. The van der Waals surface area contributed by atoms with E-state index < -0.39 is 0 Å². The van der Waals surface area contributed by atoms with Crippen LogP contribution in [0.1, 0.15) is 43.4 Å². The predicted molar refractivity (Wildman–Crippen MR) is 107 cm³/mol. The lowest BCUT2D eigenvalue weighted by atomic mass is 10.0. The first-order valence-corrected chi connectivity index (χ1v) is 10.3. The molecular weight excluding hydrogens is 340 g/mol. The SMILES string of the molecule is C=CCNC(=O)N1CCc2nc(N3CCCC3)nc(N3CCCCC3)c2C1. The van der Waals surface area contributed by atoms with Gasteiger partial charge in [-0.05, 0) is 32.1 Å². The van der Waals surface area contributed by atoms with Gasteiger partial charge in [0, 0.05) is 51.3 Å². The number of fused-ring (bicyclic) bond motifs is 1. The Bertz CT molecular complexity index is 694. The Morgan fingerprint density at radius 1 is 1.00 bits per heavy atom. The third kappa shape index (κ3) is 3.87. The number of anilines is 2. The van der Waals surface area contributed by atoms with Crippen LogP contribution in [0.2, 0.25) is 0 Å². The number of rotatable bonds is 4. The second-order valence-electron chi connectivity index (χ2n) is 7.66. The van der Waals surface area contributed by atoms with Crippen LogP contribution in [-0.4, -0.2) is 60.2 Å². The average Bonchev–Trinajstić information content (AvgIpc) is 3.26. The monoisotopic (exact) mass is 370 g/mol. The molecular formula is C20H30N6O. The lowest BCUT2D eigenvalue weighted by Gasteiger charge is -2.35. The number of urea groups is 1. The Labute approximate surface area is 161 Å². The Hall–Kier alpha value is -2.31. The minimum Gasteiger partial charge on any atom is -0.356 e. The van der Waals surface area contributed by atoms with Crippen LogP contribution in [0.5, 0.6) is 0 Å². The highest BCUT2D eigenvalue weighted by molar-refractivity contribution is 5.75. The maximum Gasteiger partial charge on any atom is 0.317 e. The molecule has 1 N–H and O–H groups in total. The number of aromatic nitrogens is 2. The molecule has 4 rings (SSSR count). The molecule has 3 aliphatic rings. The third-order valence-electron chi connectivity index (χ3n) is 5.76. The summed E-state index contributed by atoms with van der Waals surface area (Å²) in [6.45, 7) is 9.65. The summed E-state index contributed by atoms with van der Waals surface area (Å²) in [7, 11) is 0. The normalized spacial score (nSPS) is 19.8. The fourth-order valence-electron chi connectivity index (χ4n) is 4.25. The van der Waals surface area contributed by atoms with Crippen LogP contribution < -0.4 is 15.1 Å². The second-order valence-corrected chi connectivity index (χ2v) is 7.66. The predicted octanol–water partition coefficient (Wildman–Crippen LogP) is 2.32. The van der Waals surface area contributed by atoms with Crippen molar-refractivity contribution in [1.29, 1.82) is 0 Å². The molecule has 0 saturated carbocycles. The molecule has 2 fully saturated rings. The van der Waals surface area contributed by atoms with Crippen molar-refractivity contribution in [2.45, 2.75) is 45.1 Å². The molecule has 0 unspecified atom stereocenters. The van der Waals surface area contributed by atoms with Gasteiger partial charge in [-0.1, -0.05) is 6.08 Å². The van der Waals surface area contributed by atoms with Gasteiger partial charge in [-0.3, -0.25) is 0 Å². The number of carbonyl (C=O) groups excluding carboxylic acids is 1. The lowest BCUT2D eigenvalue weighted by molar-refractivity contribution is 0.193. The number of nitrogens with one attached hydrogen (secondary N) is 1. The molecule has 4 heterocycles. The first kappa shape index (κ1) is 18.1. The van der Waals surface area contributed by atoms with E-state index in [0.29, 0.717) is 19.6 Å². The Morgan fingerprint density at radius 2 is 1.70 bits per heavy atom. The largest absolute Gasteiger partial charge is 0.356 e. The zero-order valence-corrected chi connectivity index (χ0v) is 16.1. The van der Waals surface area contributed by atoms with Crippen molar-refractivity contribution in [2.24, 2.45) is 0 Å². The molecule has 0 aromatic carbocycles. The third-order valence-corrected chi connectivity index (χ3v) is 5.76. The van der Waals surface area contributed by atoms with Gasteiger partial charge in [0.2, 0.25) is 5.95 Å². The van der Waals surface area contributed by atoms with Gasteiger partial charge in [-0.25, -0.2) is 9.78 Å². The van der Waals surface area contributed by atoms with Gasteiger partial charge in [0.1, 0.15) is 5.82 Å². The molecule has 2 saturated heterocycles. The van der Waals surface area contributed by atoms with Crippen LogP contribution in [0, 0.1) is 0 Å². The smallest absolute Gasteiger partial charge is 0.317 e. The lowest BCUT2D eigenvalue weighted by Crippen LogP contribution is -2.44. The van der Waals surface area contributed by atoms with E-state index in [1.54, 1.807) is 6.08 Å². The van der Waals surface area contributed by atoms with Crippen LogP contribution in [0.4, 0.5) is 16.6 Å². The van der Waals surface area contributed by atoms with Gasteiger partial charge >= 0.3 is 6.03 Å². The van der Waals surface area contributed by atoms with Crippen molar-refractivity contribution >= 4 is 17.8 Å². The van der Waals surface area contributed by atoms with Crippen molar-refractivity contribution in [3.8, 4) is 0 Å². The molecule has 1 aromatic heterocycles. The van der Waals surface area contributed by atoms with Crippen molar-refractivity contribution in [3.63, 3.8) is 0 Å². The maximum atomic E-state index is 12.4. The summed E-state index contributed by atoms with van der Waals surface area (Å²) in [5, 5.41) is 2.89. The number of hydrogen-bond donors (Lipinski definition) is 1. The molecule has 27 heavy (non-hydrogen) atoms.